The van der Waals surface area contributed by atoms with E-state index < -0.39 is 10.9 Å². The fraction of sp³-hybridized carbons (Fsp3) is 0.133. The van der Waals surface area contributed by atoms with Gasteiger partial charge in [-0.25, -0.2) is 4.79 Å². The average Bonchev–Trinajstić information content (AvgIpc) is 2.44. The van der Waals surface area contributed by atoms with Crippen LogP contribution < -0.4 is 4.74 Å². The first kappa shape index (κ1) is 14.5. The Kier molecular flexibility index (Phi) is 4.18. The van der Waals surface area contributed by atoms with Crippen molar-refractivity contribution in [3.05, 3.63) is 69.3 Å². The van der Waals surface area contributed by atoms with Crippen LogP contribution in [0, 0.1) is 17.0 Å². The molecule has 0 amide bonds. The van der Waals surface area contributed by atoms with Gasteiger partial charge in [-0.15, -0.1) is 0 Å². The molecule has 2 rings (SSSR count). The fourth-order valence-corrected chi connectivity index (χ4v) is 1.88. The third kappa shape index (κ3) is 3.56. The first-order chi connectivity index (χ1) is 9.97. The maximum absolute atomic E-state index is 11.0. The van der Waals surface area contributed by atoms with Crippen LogP contribution >= 0.6 is 0 Å². The zero-order chi connectivity index (χ0) is 15.4. The molecule has 1 N–H and O–H groups in total. The van der Waals surface area contributed by atoms with Crippen molar-refractivity contribution in [1.29, 1.82) is 0 Å². The minimum Gasteiger partial charge on any atom is -0.482 e. The van der Waals surface area contributed by atoms with Gasteiger partial charge in [0.15, 0.2) is 5.75 Å². The number of carboxylic acid groups (broad SMARTS) is 1. The summed E-state index contributed by atoms with van der Waals surface area (Å²) in [7, 11) is 0. The minimum atomic E-state index is -1.22. The molecule has 0 saturated carbocycles. The second-order valence-electron chi connectivity index (χ2n) is 4.52. The van der Waals surface area contributed by atoms with Crippen molar-refractivity contribution in [1.82, 2.24) is 0 Å². The van der Waals surface area contributed by atoms with E-state index in [-0.39, 0.29) is 23.6 Å². The third-order valence-electron chi connectivity index (χ3n) is 2.88. The molecule has 2 aromatic rings. The molecule has 0 saturated heterocycles. The molecule has 0 atom stereocenters. The van der Waals surface area contributed by atoms with Crippen molar-refractivity contribution >= 4 is 11.7 Å². The number of aryl methyl sites for hydroxylation is 1. The van der Waals surface area contributed by atoms with Crippen LogP contribution in [-0.2, 0) is 6.61 Å². The Labute approximate surface area is 120 Å². The van der Waals surface area contributed by atoms with E-state index in [0.29, 0.717) is 0 Å². The number of carboxylic acids is 1. The summed E-state index contributed by atoms with van der Waals surface area (Å²) < 4.78 is 5.44. The number of rotatable bonds is 5. The average molecular weight is 287 g/mol. The Hall–Kier alpha value is -2.89. The molecule has 0 fully saturated rings. The molecule has 0 radical (unpaired) electrons. The lowest BCUT2D eigenvalue weighted by atomic mass is 10.1. The first-order valence-corrected chi connectivity index (χ1v) is 6.17. The molecule has 6 heteroatoms. The molecule has 2 aromatic carbocycles. The molecule has 21 heavy (non-hydrogen) atoms. The molecule has 0 unspecified atom stereocenters. The van der Waals surface area contributed by atoms with E-state index in [1.54, 1.807) is 0 Å². The fourth-order valence-electron chi connectivity index (χ4n) is 1.88. The van der Waals surface area contributed by atoms with E-state index >= 15 is 0 Å². The lowest BCUT2D eigenvalue weighted by Crippen LogP contribution is -2.02. The van der Waals surface area contributed by atoms with Gasteiger partial charge in [-0.05, 0) is 24.6 Å². The zero-order valence-electron chi connectivity index (χ0n) is 11.3. The number of hydrogen-bond donors (Lipinski definition) is 1. The number of carbonyl (C=O) groups is 1. The summed E-state index contributed by atoms with van der Waals surface area (Å²) in [4.78, 5) is 21.2. The van der Waals surface area contributed by atoms with E-state index in [1.807, 2.05) is 31.2 Å². The van der Waals surface area contributed by atoms with Crippen molar-refractivity contribution in [2.45, 2.75) is 13.5 Å². The number of nitro benzene ring substituents is 1. The van der Waals surface area contributed by atoms with Crippen molar-refractivity contribution < 1.29 is 19.6 Å². The third-order valence-corrected chi connectivity index (χ3v) is 2.88. The summed E-state index contributed by atoms with van der Waals surface area (Å²) in [6.45, 7) is 2.11. The smallest absolute Gasteiger partial charge is 0.335 e. The Bertz CT molecular complexity index is 696. The normalized spacial score (nSPS) is 10.1. The van der Waals surface area contributed by atoms with Crippen molar-refractivity contribution in [3.63, 3.8) is 0 Å². The van der Waals surface area contributed by atoms with Gasteiger partial charge < -0.3 is 9.84 Å². The monoisotopic (exact) mass is 287 g/mol. The quantitative estimate of drug-likeness (QED) is 0.673. The van der Waals surface area contributed by atoms with Gasteiger partial charge in [0, 0.05) is 6.07 Å². The highest BCUT2D eigenvalue weighted by molar-refractivity contribution is 5.88. The number of hydrogen-bond acceptors (Lipinski definition) is 4. The van der Waals surface area contributed by atoms with E-state index in [4.69, 9.17) is 9.84 Å². The maximum Gasteiger partial charge on any atom is 0.335 e. The predicted octanol–water partition coefficient (Wildman–Crippen LogP) is 3.18. The molecule has 108 valence electrons. The molecule has 0 aliphatic rings. The van der Waals surface area contributed by atoms with Gasteiger partial charge in [0.2, 0.25) is 0 Å². The van der Waals surface area contributed by atoms with E-state index in [2.05, 4.69) is 0 Å². The zero-order valence-corrected chi connectivity index (χ0v) is 11.3. The number of ether oxygens (including phenoxy) is 1. The Morgan fingerprint density at radius 3 is 2.67 bits per heavy atom. The molecule has 0 spiro atoms. The summed E-state index contributed by atoms with van der Waals surface area (Å²) >= 11 is 0. The number of aromatic carboxylic acids is 1. The largest absolute Gasteiger partial charge is 0.482 e. The number of nitro groups is 1. The molecule has 0 bridgehead atoms. The van der Waals surface area contributed by atoms with Crippen LogP contribution in [0.5, 0.6) is 5.75 Å². The molecule has 0 heterocycles. The van der Waals surface area contributed by atoms with Gasteiger partial charge in [0.1, 0.15) is 6.61 Å². The van der Waals surface area contributed by atoms with Crippen molar-refractivity contribution in [2.24, 2.45) is 0 Å². The van der Waals surface area contributed by atoms with E-state index in [1.165, 1.54) is 12.1 Å². The lowest BCUT2D eigenvalue weighted by molar-refractivity contribution is -0.386. The minimum absolute atomic E-state index is 0.0477. The van der Waals surface area contributed by atoms with Crippen LogP contribution in [0.1, 0.15) is 21.5 Å². The van der Waals surface area contributed by atoms with Gasteiger partial charge in [-0.1, -0.05) is 29.8 Å². The Morgan fingerprint density at radius 2 is 2.05 bits per heavy atom. The highest BCUT2D eigenvalue weighted by atomic mass is 16.6. The molecule has 0 aromatic heterocycles. The second-order valence-corrected chi connectivity index (χ2v) is 4.52. The van der Waals surface area contributed by atoms with Crippen molar-refractivity contribution in [3.8, 4) is 5.75 Å². The Balaban J connectivity index is 2.23. The van der Waals surface area contributed by atoms with Crippen molar-refractivity contribution in [2.75, 3.05) is 0 Å². The predicted molar refractivity (Wildman–Crippen MR) is 75.6 cm³/mol. The highest BCUT2D eigenvalue weighted by Crippen LogP contribution is 2.28. The highest BCUT2D eigenvalue weighted by Gasteiger charge is 2.18. The van der Waals surface area contributed by atoms with Crippen LogP contribution in [0.3, 0.4) is 0 Å². The molecule has 6 nitrogen and oxygen atoms in total. The second kappa shape index (κ2) is 6.04. The van der Waals surface area contributed by atoms with Gasteiger partial charge in [0.05, 0.1) is 10.5 Å². The van der Waals surface area contributed by atoms with E-state index in [0.717, 1.165) is 17.2 Å². The van der Waals surface area contributed by atoms with Gasteiger partial charge in [-0.3, -0.25) is 10.1 Å². The van der Waals surface area contributed by atoms with Crippen LogP contribution in [0.25, 0.3) is 0 Å². The summed E-state index contributed by atoms with van der Waals surface area (Å²) in [5.41, 5.74) is 1.44. The first-order valence-electron chi connectivity index (χ1n) is 6.17. The van der Waals surface area contributed by atoms with Crippen LogP contribution in [0.4, 0.5) is 5.69 Å². The molecular formula is C15H13NO5. The van der Waals surface area contributed by atoms with Gasteiger partial charge >= 0.3 is 11.7 Å². The van der Waals surface area contributed by atoms with Gasteiger partial charge in [-0.2, -0.15) is 0 Å². The number of nitrogens with zero attached hydrogens (tertiary/aromatic N) is 1. The van der Waals surface area contributed by atoms with Crippen LogP contribution in [-0.4, -0.2) is 16.0 Å². The summed E-state index contributed by atoms with van der Waals surface area (Å²) in [5.74, 6) is -1.17. The van der Waals surface area contributed by atoms with Crippen LogP contribution in [0.15, 0.2) is 42.5 Å². The summed E-state index contributed by atoms with van der Waals surface area (Å²) in [5, 5.41) is 19.9. The van der Waals surface area contributed by atoms with Crippen LogP contribution in [0.2, 0.25) is 0 Å². The molecular weight excluding hydrogens is 274 g/mol. The Morgan fingerprint density at radius 1 is 1.29 bits per heavy atom. The topological polar surface area (TPSA) is 89.7 Å². The number of benzene rings is 2. The summed E-state index contributed by atoms with van der Waals surface area (Å²) in [6, 6.07) is 11.2. The lowest BCUT2D eigenvalue weighted by Gasteiger charge is -2.08. The summed E-state index contributed by atoms with van der Waals surface area (Å²) in [6.07, 6.45) is 0. The van der Waals surface area contributed by atoms with Gasteiger partial charge in [0.25, 0.3) is 0 Å². The van der Waals surface area contributed by atoms with E-state index in [9.17, 15) is 14.9 Å². The standard InChI is InChI=1S/C15H13NO5/c1-10-3-2-4-11(7-10)9-21-14-6-5-12(15(17)18)8-13(14)16(19)20/h2-8H,9H2,1H3,(H,17,18). The maximum atomic E-state index is 11.0. The molecule has 0 aliphatic carbocycles. The molecule has 0 aliphatic heterocycles. The SMILES string of the molecule is Cc1cccc(COc2ccc(C(=O)O)cc2[N+](=O)[O-])c1.